The summed E-state index contributed by atoms with van der Waals surface area (Å²) in [7, 11) is -3.35. The molecule has 1 amide bonds. The third kappa shape index (κ3) is 7.88. The summed E-state index contributed by atoms with van der Waals surface area (Å²) in [4.78, 5) is 21.0. The number of nitrogens with zero attached hydrogens (tertiary/aromatic N) is 3. The van der Waals surface area contributed by atoms with Crippen molar-refractivity contribution in [3.05, 3.63) is 75.6 Å². The van der Waals surface area contributed by atoms with Crippen molar-refractivity contribution in [1.29, 1.82) is 5.41 Å². The zero-order valence-electron chi connectivity index (χ0n) is 23.1. The van der Waals surface area contributed by atoms with E-state index in [1.54, 1.807) is 24.4 Å². The summed E-state index contributed by atoms with van der Waals surface area (Å²) in [6.07, 6.45) is -0.882. The molecule has 0 aliphatic carbocycles. The molecule has 1 saturated heterocycles. The van der Waals surface area contributed by atoms with Gasteiger partial charge in [-0.05, 0) is 55.2 Å². The molecule has 0 radical (unpaired) electrons. The molecule has 0 spiro atoms. The molecule has 0 saturated carbocycles. The summed E-state index contributed by atoms with van der Waals surface area (Å²) in [5.74, 6) is 5.26. The van der Waals surface area contributed by atoms with Gasteiger partial charge in [-0.15, -0.1) is 0 Å². The molecule has 1 aliphatic rings. The van der Waals surface area contributed by atoms with E-state index in [4.69, 9.17) is 22.7 Å². The van der Waals surface area contributed by atoms with Crippen molar-refractivity contribution in [1.82, 2.24) is 14.3 Å². The van der Waals surface area contributed by atoms with Crippen LogP contribution in [0.25, 0.3) is 0 Å². The molecular formula is C28H28ClF3N7O3S+. The second kappa shape index (κ2) is 12.7. The van der Waals surface area contributed by atoms with Crippen LogP contribution >= 0.6 is 11.6 Å². The summed E-state index contributed by atoms with van der Waals surface area (Å²) in [6.45, 7) is 2.49. The van der Waals surface area contributed by atoms with Crippen LogP contribution < -0.4 is 16.4 Å². The van der Waals surface area contributed by atoms with Crippen molar-refractivity contribution >= 4 is 50.6 Å². The fraction of sp³-hybridized carbons (Fsp3) is 0.286. The van der Waals surface area contributed by atoms with Crippen LogP contribution in [0.5, 0.6) is 0 Å². The van der Waals surface area contributed by atoms with E-state index in [1.165, 1.54) is 29.0 Å². The Labute approximate surface area is 251 Å². The average molecular weight is 635 g/mol. The van der Waals surface area contributed by atoms with E-state index in [-0.39, 0.29) is 40.9 Å². The summed E-state index contributed by atoms with van der Waals surface area (Å²) < 4.78 is 65.1. The number of nitrogens with one attached hydrogen (secondary N) is 2. The highest BCUT2D eigenvalue weighted by molar-refractivity contribution is 7.88. The van der Waals surface area contributed by atoms with Crippen LogP contribution in [-0.2, 0) is 16.2 Å². The van der Waals surface area contributed by atoms with Gasteiger partial charge in [0.05, 0.1) is 23.4 Å². The molecule has 0 bridgehead atoms. The van der Waals surface area contributed by atoms with E-state index < -0.39 is 32.7 Å². The number of nitrogen functional groups attached to an aromatic ring is 1. The standard InChI is InChI=1S/C28H27ClF3N7O3S/c1-16-5-8-19(38-27(40)18-6-9-22(29)21(13-18)28(30,31)32)12-17(16)7-10-23(33)24-25(34)35-15-36-26(24)37-20-4-3-11-39(14-20)43(2,41)42/h5-6,8-9,12-13,15,20,33H,3-4,11,14H2,1-2H3,(H,38,40)(H3,34,35,36,37)/p+1. The Morgan fingerprint density at radius 3 is 2.67 bits per heavy atom. The van der Waals surface area contributed by atoms with Crippen LogP contribution in [0.2, 0.25) is 5.02 Å². The number of rotatable bonds is 6. The molecule has 6 N–H and O–H groups in total. The van der Waals surface area contributed by atoms with Crippen LogP contribution in [0.1, 0.15) is 45.5 Å². The number of nitrogens with two attached hydrogens (primary N) is 2. The Morgan fingerprint density at radius 2 is 1.98 bits per heavy atom. The fourth-order valence-corrected chi connectivity index (χ4v) is 5.69. The van der Waals surface area contributed by atoms with Gasteiger partial charge in [0.25, 0.3) is 5.91 Å². The molecule has 3 aromatic rings. The number of hydrogen-bond acceptors (Lipinski definition) is 7. The van der Waals surface area contributed by atoms with Gasteiger partial charge in [0.2, 0.25) is 15.8 Å². The van der Waals surface area contributed by atoms with E-state index >= 15 is 0 Å². The number of piperidine rings is 1. The van der Waals surface area contributed by atoms with Crippen molar-refractivity contribution in [2.24, 2.45) is 0 Å². The molecule has 1 atom stereocenters. The maximum atomic E-state index is 13.2. The van der Waals surface area contributed by atoms with Gasteiger partial charge in [-0.25, -0.2) is 13.4 Å². The van der Waals surface area contributed by atoms with Gasteiger partial charge in [-0.3, -0.25) is 15.5 Å². The second-order valence-electron chi connectivity index (χ2n) is 10.0. The number of carbonyl (C=O) groups excluding carboxylic acids is 1. The first-order valence-electron chi connectivity index (χ1n) is 12.9. The van der Waals surface area contributed by atoms with Crippen molar-refractivity contribution in [3.8, 4) is 11.8 Å². The van der Waals surface area contributed by atoms with E-state index in [2.05, 4.69) is 27.1 Å². The molecular weight excluding hydrogens is 607 g/mol. The Balaban J connectivity index is 1.54. The lowest BCUT2D eigenvalue weighted by Gasteiger charge is -2.29. The summed E-state index contributed by atoms with van der Waals surface area (Å²) in [6, 6.07) is 7.52. The number of amides is 1. The number of aromatic nitrogens is 2. The quantitative estimate of drug-likeness (QED) is 0.241. The maximum Gasteiger partial charge on any atom is 0.417 e. The van der Waals surface area contributed by atoms with Crippen LogP contribution in [0.4, 0.5) is 30.5 Å². The van der Waals surface area contributed by atoms with Gasteiger partial charge >= 0.3 is 6.18 Å². The molecule has 2 heterocycles. The molecule has 1 fully saturated rings. The van der Waals surface area contributed by atoms with Crippen LogP contribution in [0.3, 0.4) is 0 Å². The fourth-order valence-electron chi connectivity index (χ4n) is 4.54. The third-order valence-corrected chi connectivity index (χ3v) is 8.39. The Kier molecular flexibility index (Phi) is 9.41. The first kappa shape index (κ1) is 31.9. The van der Waals surface area contributed by atoms with Crippen LogP contribution in [0, 0.1) is 24.2 Å². The van der Waals surface area contributed by atoms with Crippen LogP contribution in [-0.4, -0.2) is 59.7 Å². The summed E-state index contributed by atoms with van der Waals surface area (Å²) in [5, 5.41) is 12.4. The summed E-state index contributed by atoms with van der Waals surface area (Å²) >= 11 is 5.65. The number of quaternary nitrogens is 1. The lowest BCUT2D eigenvalue weighted by atomic mass is 10.1. The largest absolute Gasteiger partial charge is 0.417 e. The minimum absolute atomic E-state index is 0.0373. The Hall–Kier alpha value is -4.03. The molecule has 1 aromatic heterocycles. The van der Waals surface area contributed by atoms with E-state index in [9.17, 15) is 26.4 Å². The zero-order valence-corrected chi connectivity index (χ0v) is 24.7. The lowest BCUT2D eigenvalue weighted by Crippen LogP contribution is -2.88. The topological polar surface area (TPSA) is 159 Å². The zero-order chi connectivity index (χ0) is 31.5. The molecule has 43 heavy (non-hydrogen) atoms. The number of alkyl halides is 3. The van der Waals surface area contributed by atoms with Gasteiger partial charge in [0.1, 0.15) is 29.5 Å². The van der Waals surface area contributed by atoms with Crippen molar-refractivity contribution in [2.75, 3.05) is 30.4 Å². The number of aryl methyl sites for hydroxylation is 1. The normalized spacial score (nSPS) is 15.8. The number of benzene rings is 2. The Morgan fingerprint density at radius 1 is 1.23 bits per heavy atom. The average Bonchev–Trinajstić information content (AvgIpc) is 2.92. The highest BCUT2D eigenvalue weighted by Crippen LogP contribution is 2.35. The van der Waals surface area contributed by atoms with Gasteiger partial charge in [0.15, 0.2) is 0 Å². The number of halogens is 4. The molecule has 4 rings (SSSR count). The number of hydrogen-bond donors (Lipinski definition) is 4. The smallest absolute Gasteiger partial charge is 0.383 e. The van der Waals surface area contributed by atoms with Gasteiger partial charge in [0, 0.05) is 29.8 Å². The van der Waals surface area contributed by atoms with Gasteiger partial charge < -0.3 is 11.1 Å². The second-order valence-corrected chi connectivity index (χ2v) is 12.4. The van der Waals surface area contributed by atoms with E-state index in [0.29, 0.717) is 30.4 Å². The SMILES string of the molecule is Cc1ccc(NC(=O)c2ccc(Cl)c(C(F)(F)F)c2)cc1C#CC(=N)c1c(N)ncnc1[NH2+]C1CCCN(S(C)(=O)=O)C1. The number of sulfonamides is 1. The first-order valence-corrected chi connectivity index (χ1v) is 15.2. The highest BCUT2D eigenvalue weighted by atomic mass is 35.5. The van der Waals surface area contributed by atoms with Crippen molar-refractivity contribution < 1.29 is 31.7 Å². The van der Waals surface area contributed by atoms with Gasteiger partial charge in [-0.2, -0.15) is 22.5 Å². The third-order valence-electron chi connectivity index (χ3n) is 6.79. The summed E-state index contributed by atoms with van der Waals surface area (Å²) in [5.41, 5.74) is 6.23. The van der Waals surface area contributed by atoms with E-state index in [0.717, 1.165) is 18.1 Å². The van der Waals surface area contributed by atoms with E-state index in [1.807, 2.05) is 0 Å². The van der Waals surface area contributed by atoms with Crippen molar-refractivity contribution in [3.63, 3.8) is 0 Å². The maximum absolute atomic E-state index is 13.2. The number of carbonyl (C=O) groups is 1. The van der Waals surface area contributed by atoms with Crippen molar-refractivity contribution in [2.45, 2.75) is 32.0 Å². The molecule has 1 unspecified atom stereocenters. The lowest BCUT2D eigenvalue weighted by molar-refractivity contribution is -0.616. The first-order chi connectivity index (χ1) is 20.1. The molecule has 15 heteroatoms. The van der Waals surface area contributed by atoms with Crippen LogP contribution in [0.15, 0.2) is 42.7 Å². The molecule has 2 aromatic carbocycles. The molecule has 226 valence electrons. The molecule has 10 nitrogen and oxygen atoms in total. The highest BCUT2D eigenvalue weighted by Gasteiger charge is 2.34. The number of anilines is 2. The predicted octanol–water partition coefficient (Wildman–Crippen LogP) is 3.33. The Bertz CT molecular complexity index is 1750. The monoisotopic (exact) mass is 634 g/mol. The predicted molar refractivity (Wildman–Crippen MR) is 157 cm³/mol. The minimum Gasteiger partial charge on any atom is -0.383 e. The minimum atomic E-state index is -4.72. The van der Waals surface area contributed by atoms with Gasteiger partial charge in [-0.1, -0.05) is 23.6 Å². The molecule has 1 aliphatic heterocycles.